The molecule has 5 aliphatic rings. The van der Waals surface area contributed by atoms with Gasteiger partial charge in [-0.2, -0.15) is 23.1 Å². The number of fused-ring (bicyclic) bond motifs is 4. The Morgan fingerprint density at radius 3 is 2.76 bits per heavy atom. The second-order valence-electron chi connectivity index (χ2n) is 12.8. The number of aromatic nitrogens is 3. The van der Waals surface area contributed by atoms with E-state index in [0.717, 1.165) is 44.4 Å². The number of hydrogen-bond acceptors (Lipinski definition) is 9. The monoisotopic (exact) mass is 652 g/mol. The van der Waals surface area contributed by atoms with E-state index in [4.69, 9.17) is 36.5 Å². The first kappa shape index (κ1) is 29.2. The van der Waals surface area contributed by atoms with Crippen molar-refractivity contribution in [2.45, 2.75) is 68.0 Å². The fourth-order valence-corrected chi connectivity index (χ4v) is 8.06. The van der Waals surface area contributed by atoms with Gasteiger partial charge >= 0.3 is 12.2 Å². The number of pyridine rings is 1. The molecule has 1 aliphatic carbocycles. The summed E-state index contributed by atoms with van der Waals surface area (Å²) in [5.41, 5.74) is 2.00. The highest BCUT2D eigenvalue weighted by Crippen LogP contribution is 2.52. The third-order valence-corrected chi connectivity index (χ3v) is 10.2. The van der Waals surface area contributed by atoms with Crippen molar-refractivity contribution in [3.05, 3.63) is 28.5 Å². The average Bonchev–Trinajstić information content (AvgIpc) is 3.49. The van der Waals surface area contributed by atoms with E-state index in [1.807, 2.05) is 0 Å². The summed E-state index contributed by atoms with van der Waals surface area (Å²) < 4.78 is 92.2. The molecule has 15 heteroatoms. The molecule has 6 heterocycles. The van der Waals surface area contributed by atoms with Crippen molar-refractivity contribution >= 4 is 34.0 Å². The largest absolute Gasteiger partial charge is 0.477 e. The molecule has 240 valence electrons. The number of halogens is 6. The summed E-state index contributed by atoms with van der Waals surface area (Å²) in [5.74, 6) is -0.906. The third-order valence-electron chi connectivity index (χ3n) is 9.90. The molecule has 4 aliphatic heterocycles. The lowest BCUT2D eigenvalue weighted by Crippen LogP contribution is -2.55. The number of ether oxygens (including phenoxy) is 3. The van der Waals surface area contributed by atoms with Crippen LogP contribution in [0.1, 0.15) is 44.1 Å². The molecule has 0 bridgehead atoms. The lowest BCUT2D eigenvalue weighted by Gasteiger charge is -2.44. The van der Waals surface area contributed by atoms with Gasteiger partial charge in [0.25, 0.3) is 0 Å². The van der Waals surface area contributed by atoms with Crippen LogP contribution in [-0.4, -0.2) is 82.7 Å². The first-order valence-electron chi connectivity index (χ1n) is 15.1. The zero-order valence-corrected chi connectivity index (χ0v) is 24.9. The number of alkyl halides is 4. The molecule has 3 atom stereocenters. The van der Waals surface area contributed by atoms with Gasteiger partial charge in [-0.15, -0.1) is 0 Å². The van der Waals surface area contributed by atoms with Gasteiger partial charge in [0, 0.05) is 30.6 Å². The molecule has 1 unspecified atom stereocenters. The molecule has 4 fully saturated rings. The Bertz CT molecular complexity index is 1710. The molecule has 3 aromatic rings. The average molecular weight is 653 g/mol. The van der Waals surface area contributed by atoms with E-state index in [1.54, 1.807) is 0 Å². The van der Waals surface area contributed by atoms with E-state index < -0.39 is 45.5 Å². The Labute approximate surface area is 259 Å². The molecule has 0 amide bonds. The van der Waals surface area contributed by atoms with Gasteiger partial charge in [0.2, 0.25) is 5.88 Å². The molecule has 1 spiro atoms. The van der Waals surface area contributed by atoms with Crippen LogP contribution in [0.4, 0.5) is 33.5 Å². The quantitative estimate of drug-likeness (QED) is 0.287. The van der Waals surface area contributed by atoms with Crippen molar-refractivity contribution < 1.29 is 36.2 Å². The topological polar surface area (TPSA) is 98.9 Å². The second-order valence-corrected chi connectivity index (χ2v) is 13.2. The Morgan fingerprint density at radius 2 is 1.98 bits per heavy atom. The Kier molecular flexibility index (Phi) is 6.57. The predicted octanol–water partition coefficient (Wildman–Crippen LogP) is 5.56. The summed E-state index contributed by atoms with van der Waals surface area (Å²) in [6.45, 7) is 2.14. The fraction of sp³-hybridized carbons (Fsp3) is 0.567. The Hall–Kier alpha value is -3.23. The van der Waals surface area contributed by atoms with Crippen LogP contribution in [0, 0.1) is 5.82 Å². The van der Waals surface area contributed by atoms with Crippen molar-refractivity contribution in [3.8, 4) is 23.1 Å². The third kappa shape index (κ3) is 4.65. The number of nitrogens with zero attached hydrogens (tertiary/aromatic N) is 5. The molecule has 2 N–H and O–H groups in total. The minimum Gasteiger partial charge on any atom is -0.477 e. The summed E-state index contributed by atoms with van der Waals surface area (Å²) in [6, 6.07) is 1.63. The zero-order valence-electron chi connectivity index (χ0n) is 24.1. The minimum atomic E-state index is -4.94. The molecular formula is C30H30ClF5N6O3. The molecule has 45 heavy (non-hydrogen) atoms. The number of benzene rings is 1. The van der Waals surface area contributed by atoms with Crippen molar-refractivity contribution in [2.24, 2.45) is 0 Å². The van der Waals surface area contributed by atoms with Crippen LogP contribution in [0.5, 0.6) is 11.9 Å². The van der Waals surface area contributed by atoms with Crippen LogP contribution in [0.3, 0.4) is 0 Å². The van der Waals surface area contributed by atoms with Crippen LogP contribution < -0.4 is 20.1 Å². The van der Waals surface area contributed by atoms with Gasteiger partial charge in [0.15, 0.2) is 5.82 Å². The first-order valence-corrected chi connectivity index (χ1v) is 15.5. The van der Waals surface area contributed by atoms with Gasteiger partial charge in [0.05, 0.1) is 47.5 Å². The van der Waals surface area contributed by atoms with E-state index >= 15 is 4.39 Å². The van der Waals surface area contributed by atoms with Crippen LogP contribution in [0.15, 0.2) is 12.1 Å². The smallest absolute Gasteiger partial charge is 0.418 e. The number of nitrogens with two attached hydrogens (primary N) is 1. The van der Waals surface area contributed by atoms with E-state index in [0.29, 0.717) is 38.4 Å². The van der Waals surface area contributed by atoms with Gasteiger partial charge < -0.3 is 24.8 Å². The van der Waals surface area contributed by atoms with E-state index in [-0.39, 0.29) is 53.3 Å². The molecular weight excluding hydrogens is 623 g/mol. The minimum absolute atomic E-state index is 0.0853. The van der Waals surface area contributed by atoms with Crippen LogP contribution in [0.25, 0.3) is 22.2 Å². The van der Waals surface area contributed by atoms with Crippen LogP contribution in [-0.2, 0) is 10.9 Å². The molecule has 2 aromatic heterocycles. The summed E-state index contributed by atoms with van der Waals surface area (Å²) in [4.78, 5) is 17.7. The molecule has 1 aromatic carbocycles. The number of nitrogen functional groups attached to an aromatic ring is 1. The number of anilines is 2. The Balaban J connectivity index is 1.33. The highest BCUT2D eigenvalue weighted by Gasteiger charge is 2.55. The standard InChI is InChI=1S/C30H30ClF5N6O3/c31-19-9-16(37)8-18(21(19)30(34,35)36)23-22(33)24-20-25(40-27(39-24)45-14-29-3-1-6-41(29)11-15(32)10-29)42-17(2-7-44-26(20)38-23)12-43-13-28(42)4-5-28/h8-9,15,17H,1-7,10-14,37H2/t15-,17?,29+/m1/s1. The van der Waals surface area contributed by atoms with Gasteiger partial charge in [-0.25, -0.2) is 13.8 Å². The van der Waals surface area contributed by atoms with Crippen molar-refractivity contribution in [2.75, 3.05) is 50.2 Å². The van der Waals surface area contributed by atoms with E-state index in [2.05, 4.69) is 19.8 Å². The summed E-state index contributed by atoms with van der Waals surface area (Å²) in [6.07, 6.45) is -1.84. The van der Waals surface area contributed by atoms with Crippen molar-refractivity contribution in [1.29, 1.82) is 0 Å². The number of hydrogen-bond donors (Lipinski definition) is 1. The second kappa shape index (κ2) is 10.1. The normalized spacial score (nSPS) is 27.2. The summed E-state index contributed by atoms with van der Waals surface area (Å²) >= 11 is 6.02. The Morgan fingerprint density at radius 1 is 1.16 bits per heavy atom. The highest BCUT2D eigenvalue weighted by molar-refractivity contribution is 6.32. The van der Waals surface area contributed by atoms with Crippen molar-refractivity contribution in [1.82, 2.24) is 19.9 Å². The first-order chi connectivity index (χ1) is 21.5. The van der Waals surface area contributed by atoms with Crippen LogP contribution in [0.2, 0.25) is 5.02 Å². The number of rotatable bonds is 4. The maximum atomic E-state index is 16.7. The van der Waals surface area contributed by atoms with Gasteiger partial charge in [0.1, 0.15) is 35.2 Å². The molecule has 1 saturated carbocycles. The lowest BCUT2D eigenvalue weighted by atomic mass is 9.95. The maximum Gasteiger partial charge on any atom is 0.418 e. The predicted molar refractivity (Wildman–Crippen MR) is 155 cm³/mol. The molecule has 9 nitrogen and oxygen atoms in total. The zero-order chi connectivity index (χ0) is 31.3. The fourth-order valence-electron chi connectivity index (χ4n) is 7.72. The SMILES string of the molecule is Nc1cc(Cl)c(C(F)(F)F)c(-c2nc3c4c(nc(OC[C@@]56CCCN5C[C@H](F)C6)nc4c2F)N2C(CCO3)COCC23CC3)c1. The number of morpholine rings is 1. The van der Waals surface area contributed by atoms with Gasteiger partial charge in [-0.3, -0.25) is 4.90 Å². The van der Waals surface area contributed by atoms with Gasteiger partial charge in [-0.1, -0.05) is 11.6 Å². The molecule has 8 rings (SSSR count). The van der Waals surface area contributed by atoms with E-state index in [1.165, 1.54) is 0 Å². The highest BCUT2D eigenvalue weighted by atomic mass is 35.5. The summed E-state index contributed by atoms with van der Waals surface area (Å²) in [7, 11) is 0. The van der Waals surface area contributed by atoms with Crippen molar-refractivity contribution in [3.63, 3.8) is 0 Å². The molecule has 0 radical (unpaired) electrons. The van der Waals surface area contributed by atoms with Gasteiger partial charge in [-0.05, 0) is 44.4 Å². The lowest BCUT2D eigenvalue weighted by molar-refractivity contribution is -0.137. The summed E-state index contributed by atoms with van der Waals surface area (Å²) in [5, 5.41) is -0.555. The van der Waals surface area contributed by atoms with E-state index in [9.17, 15) is 17.6 Å². The maximum absolute atomic E-state index is 16.7. The molecule has 3 saturated heterocycles. The van der Waals surface area contributed by atoms with Crippen LogP contribution >= 0.6 is 11.6 Å².